The van der Waals surface area contributed by atoms with Crippen molar-refractivity contribution >= 4 is 29.0 Å². The van der Waals surface area contributed by atoms with Gasteiger partial charge < -0.3 is 0 Å². The molecule has 0 saturated carbocycles. The number of fused-ring (bicyclic) bond motifs is 1. The first-order valence-electron chi connectivity index (χ1n) is 6.67. The van der Waals surface area contributed by atoms with Gasteiger partial charge in [0.15, 0.2) is 10.8 Å². The number of pyridine rings is 1. The van der Waals surface area contributed by atoms with Crippen LogP contribution in [0.2, 0.25) is 5.02 Å². The molecule has 3 heterocycles. The van der Waals surface area contributed by atoms with Gasteiger partial charge in [-0.15, -0.1) is 10.2 Å². The lowest BCUT2D eigenvalue weighted by atomic mass is 10.2. The number of aromatic amines is 1. The largest absolute Gasteiger partial charge is 0.417 e. The maximum Gasteiger partial charge on any atom is 0.417 e. The summed E-state index contributed by atoms with van der Waals surface area (Å²) in [5, 5.41) is 14.7. The topological polar surface area (TPSA) is 58.9 Å². The number of thioether (sulfide) groups is 1. The summed E-state index contributed by atoms with van der Waals surface area (Å²) in [4.78, 5) is 0. The van der Waals surface area contributed by atoms with Crippen molar-refractivity contribution in [2.24, 2.45) is 0 Å². The summed E-state index contributed by atoms with van der Waals surface area (Å²) in [6, 6.07) is 0.860. The predicted molar refractivity (Wildman–Crippen MR) is 80.6 cm³/mol. The van der Waals surface area contributed by atoms with Crippen LogP contribution in [0.25, 0.3) is 5.65 Å². The standard InChI is InChI=1S/C13H11ClF3N5S/c14-10-4-9(13(15,16)17)7-22-11(10)20-21-12(22)23-3-1-2-8-5-18-19-6-8/h4-7H,1-3H2,(H,18,19). The highest BCUT2D eigenvalue weighted by atomic mass is 35.5. The summed E-state index contributed by atoms with van der Waals surface area (Å²) in [6.07, 6.45) is 1.73. The molecule has 1 N–H and O–H groups in total. The number of aryl methyl sites for hydroxylation is 1. The van der Waals surface area contributed by atoms with Gasteiger partial charge in [0.25, 0.3) is 0 Å². The van der Waals surface area contributed by atoms with Gasteiger partial charge in [0.1, 0.15) is 0 Å². The molecule has 0 bridgehead atoms. The van der Waals surface area contributed by atoms with Gasteiger partial charge in [-0.2, -0.15) is 18.3 Å². The smallest absolute Gasteiger partial charge is 0.285 e. The minimum Gasteiger partial charge on any atom is -0.285 e. The molecule has 3 rings (SSSR count). The molecule has 0 spiro atoms. The summed E-state index contributed by atoms with van der Waals surface area (Å²) in [5.41, 5.74) is 0.478. The Morgan fingerprint density at radius 1 is 1.30 bits per heavy atom. The number of nitrogens with one attached hydrogen (secondary N) is 1. The number of rotatable bonds is 5. The van der Waals surface area contributed by atoms with Gasteiger partial charge in [-0.25, -0.2) is 0 Å². The summed E-state index contributed by atoms with van der Waals surface area (Å²) in [5.74, 6) is 0.694. The van der Waals surface area contributed by atoms with E-state index >= 15 is 0 Å². The van der Waals surface area contributed by atoms with Crippen molar-refractivity contribution in [2.45, 2.75) is 24.2 Å². The van der Waals surface area contributed by atoms with Crippen LogP contribution in [0.15, 0.2) is 29.8 Å². The first-order valence-corrected chi connectivity index (χ1v) is 8.03. The monoisotopic (exact) mass is 361 g/mol. The lowest BCUT2D eigenvalue weighted by molar-refractivity contribution is -0.137. The third kappa shape index (κ3) is 3.61. The molecular weight excluding hydrogens is 351 g/mol. The maximum atomic E-state index is 12.9. The van der Waals surface area contributed by atoms with Gasteiger partial charge in [0.05, 0.1) is 16.8 Å². The number of halogens is 4. The molecule has 3 aromatic rings. The van der Waals surface area contributed by atoms with Crippen LogP contribution < -0.4 is 0 Å². The van der Waals surface area contributed by atoms with Crippen molar-refractivity contribution in [3.05, 3.63) is 40.8 Å². The van der Waals surface area contributed by atoms with Crippen LogP contribution in [0, 0.1) is 0 Å². The van der Waals surface area contributed by atoms with E-state index in [9.17, 15) is 13.2 Å². The molecule has 0 amide bonds. The lowest BCUT2D eigenvalue weighted by Gasteiger charge is -2.08. The molecular formula is C13H11ClF3N5S. The highest BCUT2D eigenvalue weighted by molar-refractivity contribution is 7.99. The Labute approximate surface area is 138 Å². The molecule has 0 aromatic carbocycles. The van der Waals surface area contributed by atoms with E-state index in [-0.39, 0.29) is 10.7 Å². The average Bonchev–Trinajstić information content (AvgIpc) is 3.12. The van der Waals surface area contributed by atoms with Gasteiger partial charge in [0.2, 0.25) is 0 Å². The number of alkyl halides is 3. The van der Waals surface area contributed by atoms with E-state index in [0.717, 1.165) is 30.7 Å². The van der Waals surface area contributed by atoms with Crippen molar-refractivity contribution in [2.75, 3.05) is 5.75 Å². The summed E-state index contributed by atoms with van der Waals surface area (Å²) >= 11 is 7.21. The summed E-state index contributed by atoms with van der Waals surface area (Å²) in [6.45, 7) is 0. The fourth-order valence-electron chi connectivity index (χ4n) is 2.04. The van der Waals surface area contributed by atoms with E-state index in [0.29, 0.717) is 10.9 Å². The molecule has 0 unspecified atom stereocenters. The van der Waals surface area contributed by atoms with Crippen LogP contribution >= 0.6 is 23.4 Å². The van der Waals surface area contributed by atoms with Crippen molar-refractivity contribution in [1.82, 2.24) is 24.8 Å². The maximum absolute atomic E-state index is 12.9. The molecule has 0 aliphatic heterocycles. The van der Waals surface area contributed by atoms with Crippen molar-refractivity contribution in [3.63, 3.8) is 0 Å². The van der Waals surface area contributed by atoms with E-state index in [1.807, 2.05) is 6.20 Å². The van der Waals surface area contributed by atoms with Crippen molar-refractivity contribution in [1.29, 1.82) is 0 Å². The molecule has 0 fully saturated rings. The fraction of sp³-hybridized carbons (Fsp3) is 0.308. The fourth-order valence-corrected chi connectivity index (χ4v) is 3.14. The van der Waals surface area contributed by atoms with Gasteiger partial charge in [-0.05, 0) is 24.5 Å². The molecule has 0 radical (unpaired) electrons. The summed E-state index contributed by atoms with van der Waals surface area (Å²) in [7, 11) is 0. The molecule has 23 heavy (non-hydrogen) atoms. The zero-order chi connectivity index (χ0) is 16.4. The Balaban J connectivity index is 1.74. The summed E-state index contributed by atoms with van der Waals surface area (Å²) < 4.78 is 39.9. The van der Waals surface area contributed by atoms with Crippen LogP contribution in [0.3, 0.4) is 0 Å². The Hall–Kier alpha value is -1.74. The quantitative estimate of drug-likeness (QED) is 0.554. The van der Waals surface area contributed by atoms with E-state index in [1.165, 1.54) is 16.2 Å². The van der Waals surface area contributed by atoms with E-state index < -0.39 is 11.7 Å². The normalized spacial score (nSPS) is 12.2. The number of hydrogen-bond acceptors (Lipinski definition) is 4. The lowest BCUT2D eigenvalue weighted by Crippen LogP contribution is -2.07. The van der Waals surface area contributed by atoms with Gasteiger partial charge in [0, 0.05) is 18.1 Å². The molecule has 122 valence electrons. The number of nitrogens with zero attached hydrogens (tertiary/aromatic N) is 4. The van der Waals surface area contributed by atoms with E-state index in [2.05, 4.69) is 20.4 Å². The molecule has 0 aliphatic rings. The molecule has 0 atom stereocenters. The van der Waals surface area contributed by atoms with Crippen molar-refractivity contribution < 1.29 is 13.2 Å². The highest BCUT2D eigenvalue weighted by Gasteiger charge is 2.32. The Kier molecular flexibility index (Phi) is 4.49. The van der Waals surface area contributed by atoms with E-state index in [1.54, 1.807) is 6.20 Å². The minimum absolute atomic E-state index is 0.0717. The third-order valence-electron chi connectivity index (χ3n) is 3.15. The third-order valence-corrected chi connectivity index (χ3v) is 4.46. The number of H-pyrrole nitrogens is 1. The molecule has 0 saturated heterocycles. The second kappa shape index (κ2) is 6.40. The second-order valence-corrected chi connectivity index (χ2v) is 6.28. The zero-order valence-corrected chi connectivity index (χ0v) is 13.2. The van der Waals surface area contributed by atoms with Gasteiger partial charge in [-0.3, -0.25) is 9.50 Å². The van der Waals surface area contributed by atoms with Crippen molar-refractivity contribution in [3.8, 4) is 0 Å². The number of aromatic nitrogens is 5. The minimum atomic E-state index is -4.47. The average molecular weight is 362 g/mol. The number of hydrogen-bond donors (Lipinski definition) is 1. The van der Waals surface area contributed by atoms with Crippen LogP contribution in [-0.4, -0.2) is 30.5 Å². The van der Waals surface area contributed by atoms with E-state index in [4.69, 9.17) is 11.6 Å². The molecule has 0 aliphatic carbocycles. The van der Waals surface area contributed by atoms with Crippen LogP contribution in [-0.2, 0) is 12.6 Å². The first-order chi connectivity index (χ1) is 10.9. The SMILES string of the molecule is FC(F)(F)c1cc(Cl)c2nnc(SCCCc3cn[nH]c3)n2c1. The Bertz CT molecular complexity index is 800. The zero-order valence-electron chi connectivity index (χ0n) is 11.6. The molecule has 3 aromatic heterocycles. The van der Waals surface area contributed by atoms with Gasteiger partial charge in [-0.1, -0.05) is 23.4 Å². The molecule has 5 nitrogen and oxygen atoms in total. The molecule has 10 heteroatoms. The predicted octanol–water partition coefficient (Wildman–Crippen LogP) is 3.85. The first kappa shape index (κ1) is 16.1. The van der Waals surface area contributed by atoms with Crippen LogP contribution in [0.1, 0.15) is 17.5 Å². The van der Waals surface area contributed by atoms with Crippen LogP contribution in [0.5, 0.6) is 0 Å². The second-order valence-electron chi connectivity index (χ2n) is 4.81. The Morgan fingerprint density at radius 2 is 2.13 bits per heavy atom. The highest BCUT2D eigenvalue weighted by Crippen LogP contribution is 2.33. The van der Waals surface area contributed by atoms with Gasteiger partial charge >= 0.3 is 6.18 Å². The van der Waals surface area contributed by atoms with Crippen LogP contribution in [0.4, 0.5) is 13.2 Å². The Morgan fingerprint density at radius 3 is 2.83 bits per heavy atom.